The van der Waals surface area contributed by atoms with Gasteiger partial charge in [0.1, 0.15) is 0 Å². The van der Waals surface area contributed by atoms with Gasteiger partial charge in [-0.25, -0.2) is 4.79 Å². The Bertz CT molecular complexity index is 861. The zero-order valence-corrected chi connectivity index (χ0v) is 14.2. The van der Waals surface area contributed by atoms with E-state index in [1.807, 2.05) is 13.8 Å². The normalized spacial score (nSPS) is 13.8. The second-order valence-electron chi connectivity index (χ2n) is 6.57. The molecule has 1 aliphatic rings. The molecule has 8 nitrogen and oxygen atoms in total. The summed E-state index contributed by atoms with van der Waals surface area (Å²) in [5, 5.41) is 13.7. The fourth-order valence-corrected chi connectivity index (χ4v) is 3.06. The van der Waals surface area contributed by atoms with E-state index in [0.29, 0.717) is 36.6 Å². The zero-order chi connectivity index (χ0) is 18.1. The number of carboxylic acids is 1. The Morgan fingerprint density at radius 3 is 2.72 bits per heavy atom. The van der Waals surface area contributed by atoms with Gasteiger partial charge in [0, 0.05) is 43.0 Å². The van der Waals surface area contributed by atoms with Crippen LogP contribution in [-0.4, -0.2) is 43.2 Å². The molecule has 1 aliphatic heterocycles. The van der Waals surface area contributed by atoms with Crippen LogP contribution >= 0.6 is 0 Å². The molecule has 2 aromatic heterocycles. The Hall–Kier alpha value is -2.90. The maximum atomic E-state index is 12.6. The molecule has 3 rings (SSSR count). The van der Waals surface area contributed by atoms with Crippen molar-refractivity contribution >= 4 is 11.9 Å². The van der Waals surface area contributed by atoms with Crippen molar-refractivity contribution in [1.29, 1.82) is 0 Å². The summed E-state index contributed by atoms with van der Waals surface area (Å²) in [7, 11) is 0. The lowest BCUT2D eigenvalue weighted by Gasteiger charge is -2.28. The number of H-pyrrole nitrogens is 1. The van der Waals surface area contributed by atoms with Crippen molar-refractivity contribution in [2.75, 3.05) is 6.54 Å². The molecule has 0 bridgehead atoms. The first-order chi connectivity index (χ1) is 11.9. The molecule has 132 valence electrons. The number of aromatic carboxylic acids is 1. The molecule has 1 amide bonds. The smallest absolute Gasteiger partial charge is 0.356 e. The molecular formula is C17H20N4O4. The number of fused-ring (bicyclic) bond motifs is 1. The lowest BCUT2D eigenvalue weighted by atomic mass is 10.0. The SMILES string of the molecule is CC(C)Cn1nc(C(=O)O)c2c1CCN(C(=O)c1ccc(=O)[nH]c1)C2. The van der Waals surface area contributed by atoms with Crippen molar-refractivity contribution in [3.63, 3.8) is 0 Å². The van der Waals surface area contributed by atoms with E-state index >= 15 is 0 Å². The summed E-state index contributed by atoms with van der Waals surface area (Å²) in [6.07, 6.45) is 1.93. The number of nitrogens with zero attached hydrogens (tertiary/aromatic N) is 3. The Morgan fingerprint density at radius 2 is 2.12 bits per heavy atom. The molecule has 25 heavy (non-hydrogen) atoms. The predicted molar refractivity (Wildman–Crippen MR) is 89.5 cm³/mol. The van der Waals surface area contributed by atoms with Crippen LogP contribution in [0.1, 0.15) is 46.0 Å². The number of amides is 1. The summed E-state index contributed by atoms with van der Waals surface area (Å²) in [6.45, 7) is 5.41. The largest absolute Gasteiger partial charge is 0.476 e. The van der Waals surface area contributed by atoms with Crippen LogP contribution in [0.2, 0.25) is 0 Å². The van der Waals surface area contributed by atoms with E-state index in [1.54, 1.807) is 9.58 Å². The van der Waals surface area contributed by atoms with Gasteiger partial charge >= 0.3 is 5.97 Å². The van der Waals surface area contributed by atoms with Crippen molar-refractivity contribution in [2.24, 2.45) is 5.92 Å². The van der Waals surface area contributed by atoms with E-state index in [-0.39, 0.29) is 23.7 Å². The Morgan fingerprint density at radius 1 is 1.36 bits per heavy atom. The standard InChI is InChI=1S/C17H20N4O4/c1-10(2)8-21-13-5-6-20(9-12(13)15(19-21)17(24)25)16(23)11-3-4-14(22)18-7-11/h3-4,7,10H,5-6,8-9H2,1-2H3,(H,18,22)(H,24,25). The maximum Gasteiger partial charge on any atom is 0.356 e. The molecule has 0 spiro atoms. The lowest BCUT2D eigenvalue weighted by molar-refractivity contribution is 0.0674. The van der Waals surface area contributed by atoms with Gasteiger partial charge in [0.15, 0.2) is 5.69 Å². The van der Waals surface area contributed by atoms with Crippen LogP contribution in [0.5, 0.6) is 0 Å². The number of carboxylic acid groups (broad SMARTS) is 1. The maximum absolute atomic E-state index is 12.6. The second-order valence-corrected chi connectivity index (χ2v) is 6.57. The molecule has 0 aromatic carbocycles. The summed E-state index contributed by atoms with van der Waals surface area (Å²) < 4.78 is 1.76. The molecule has 0 saturated heterocycles. The van der Waals surface area contributed by atoms with Crippen LogP contribution < -0.4 is 5.56 Å². The third-order valence-corrected chi connectivity index (χ3v) is 4.19. The van der Waals surface area contributed by atoms with Gasteiger partial charge in [-0.2, -0.15) is 5.10 Å². The van der Waals surface area contributed by atoms with Gasteiger partial charge in [-0.05, 0) is 12.0 Å². The van der Waals surface area contributed by atoms with Crippen LogP contribution in [0.25, 0.3) is 0 Å². The fraction of sp³-hybridized carbons (Fsp3) is 0.412. The number of rotatable bonds is 4. The fourth-order valence-electron chi connectivity index (χ4n) is 3.06. The van der Waals surface area contributed by atoms with Gasteiger partial charge < -0.3 is 15.0 Å². The van der Waals surface area contributed by atoms with Crippen molar-refractivity contribution in [3.05, 3.63) is 51.2 Å². The molecule has 3 heterocycles. The van der Waals surface area contributed by atoms with Crippen molar-refractivity contribution in [1.82, 2.24) is 19.7 Å². The quantitative estimate of drug-likeness (QED) is 0.864. The van der Waals surface area contributed by atoms with Gasteiger partial charge in [0.05, 0.1) is 12.1 Å². The minimum absolute atomic E-state index is 0.00891. The minimum Gasteiger partial charge on any atom is -0.476 e. The zero-order valence-electron chi connectivity index (χ0n) is 14.2. The number of pyridine rings is 1. The summed E-state index contributed by atoms with van der Waals surface area (Å²) >= 11 is 0. The summed E-state index contributed by atoms with van der Waals surface area (Å²) in [4.78, 5) is 39.4. The minimum atomic E-state index is -1.09. The van der Waals surface area contributed by atoms with Gasteiger partial charge in [-0.1, -0.05) is 13.8 Å². The average molecular weight is 344 g/mol. The Balaban J connectivity index is 1.90. The number of aromatic amines is 1. The summed E-state index contributed by atoms with van der Waals surface area (Å²) in [5.74, 6) is -0.988. The molecule has 2 N–H and O–H groups in total. The molecule has 0 radical (unpaired) electrons. The highest BCUT2D eigenvalue weighted by atomic mass is 16.4. The highest BCUT2D eigenvalue weighted by Crippen LogP contribution is 2.24. The highest BCUT2D eigenvalue weighted by molar-refractivity contribution is 5.94. The number of hydrogen-bond acceptors (Lipinski definition) is 4. The van der Waals surface area contributed by atoms with Crippen LogP contribution in [-0.2, 0) is 19.5 Å². The first kappa shape index (κ1) is 16.9. The molecule has 0 saturated carbocycles. The topological polar surface area (TPSA) is 108 Å². The van der Waals surface area contributed by atoms with E-state index in [9.17, 15) is 19.5 Å². The molecular weight excluding hydrogens is 324 g/mol. The third-order valence-electron chi connectivity index (χ3n) is 4.19. The number of carbonyl (C=O) groups is 2. The second kappa shape index (κ2) is 6.54. The average Bonchev–Trinajstić information content (AvgIpc) is 2.92. The predicted octanol–water partition coefficient (Wildman–Crippen LogP) is 1.12. The van der Waals surface area contributed by atoms with Crippen LogP contribution in [0.3, 0.4) is 0 Å². The van der Waals surface area contributed by atoms with Crippen LogP contribution in [0.15, 0.2) is 23.1 Å². The first-order valence-electron chi connectivity index (χ1n) is 8.16. The lowest BCUT2D eigenvalue weighted by Crippen LogP contribution is -2.37. The van der Waals surface area contributed by atoms with E-state index in [2.05, 4.69) is 10.1 Å². The van der Waals surface area contributed by atoms with Gasteiger partial charge in [-0.15, -0.1) is 0 Å². The number of aromatic nitrogens is 3. The van der Waals surface area contributed by atoms with Gasteiger partial charge in [-0.3, -0.25) is 14.3 Å². The molecule has 2 aromatic rings. The Kier molecular flexibility index (Phi) is 4.43. The third kappa shape index (κ3) is 3.33. The Labute approximate surface area is 144 Å². The molecule has 0 atom stereocenters. The van der Waals surface area contributed by atoms with E-state index in [4.69, 9.17) is 0 Å². The van der Waals surface area contributed by atoms with Gasteiger partial charge in [0.25, 0.3) is 5.91 Å². The first-order valence-corrected chi connectivity index (χ1v) is 8.16. The summed E-state index contributed by atoms with van der Waals surface area (Å²) in [5.41, 5.74) is 1.58. The van der Waals surface area contributed by atoms with Crippen LogP contribution in [0, 0.1) is 5.92 Å². The van der Waals surface area contributed by atoms with Gasteiger partial charge in [0.2, 0.25) is 5.56 Å². The summed E-state index contributed by atoms with van der Waals surface area (Å²) in [6, 6.07) is 2.77. The van der Waals surface area contributed by atoms with E-state index in [0.717, 1.165) is 5.69 Å². The number of carbonyl (C=O) groups excluding carboxylic acids is 1. The molecule has 0 aliphatic carbocycles. The molecule has 0 unspecified atom stereocenters. The monoisotopic (exact) mass is 344 g/mol. The highest BCUT2D eigenvalue weighted by Gasteiger charge is 2.30. The van der Waals surface area contributed by atoms with Crippen molar-refractivity contribution in [3.8, 4) is 0 Å². The van der Waals surface area contributed by atoms with Crippen LogP contribution in [0.4, 0.5) is 0 Å². The van der Waals surface area contributed by atoms with E-state index < -0.39 is 5.97 Å². The number of nitrogens with one attached hydrogen (secondary N) is 1. The van der Waals surface area contributed by atoms with Crippen molar-refractivity contribution < 1.29 is 14.7 Å². The number of hydrogen-bond donors (Lipinski definition) is 2. The van der Waals surface area contributed by atoms with Crippen molar-refractivity contribution in [2.45, 2.75) is 33.4 Å². The molecule has 0 fully saturated rings. The molecule has 8 heteroatoms. The van der Waals surface area contributed by atoms with E-state index in [1.165, 1.54) is 18.3 Å².